The third-order valence-electron chi connectivity index (χ3n) is 5.57. The molecule has 180 valence electrons. The molecule has 3 aromatic carbocycles. The summed E-state index contributed by atoms with van der Waals surface area (Å²) < 4.78 is 5.30. The van der Waals surface area contributed by atoms with E-state index in [0.29, 0.717) is 55.3 Å². The molecule has 1 aliphatic rings. The van der Waals surface area contributed by atoms with Crippen LogP contribution >= 0.6 is 0 Å². The minimum absolute atomic E-state index is 0.0135. The Labute approximate surface area is 204 Å². The van der Waals surface area contributed by atoms with Crippen LogP contribution in [0, 0.1) is 0 Å². The van der Waals surface area contributed by atoms with E-state index in [1.54, 1.807) is 53.4 Å². The zero-order chi connectivity index (χ0) is 24.5. The summed E-state index contributed by atoms with van der Waals surface area (Å²) in [4.78, 5) is 39.4. The third kappa shape index (κ3) is 6.91. The molecule has 3 N–H and O–H groups in total. The fourth-order valence-corrected chi connectivity index (χ4v) is 3.72. The van der Waals surface area contributed by atoms with Gasteiger partial charge >= 0.3 is 0 Å². The van der Waals surface area contributed by atoms with Crippen LogP contribution in [0.25, 0.3) is 0 Å². The first kappa shape index (κ1) is 24.0. The normalized spacial score (nSPS) is 13.1. The van der Waals surface area contributed by atoms with Crippen LogP contribution < -0.4 is 16.0 Å². The van der Waals surface area contributed by atoms with Gasteiger partial charge in [-0.3, -0.25) is 14.4 Å². The lowest BCUT2D eigenvalue weighted by atomic mass is 10.1. The van der Waals surface area contributed by atoms with Crippen molar-refractivity contribution in [3.8, 4) is 0 Å². The first-order valence-electron chi connectivity index (χ1n) is 11.5. The van der Waals surface area contributed by atoms with Crippen LogP contribution in [0.15, 0.2) is 78.9 Å². The van der Waals surface area contributed by atoms with Crippen LogP contribution in [0.4, 0.5) is 11.4 Å². The quantitative estimate of drug-likeness (QED) is 0.468. The number of rotatable bonds is 8. The summed E-state index contributed by atoms with van der Waals surface area (Å²) in [7, 11) is 0. The van der Waals surface area contributed by atoms with Gasteiger partial charge in [-0.15, -0.1) is 0 Å². The summed E-state index contributed by atoms with van der Waals surface area (Å²) in [5, 5.41) is 8.73. The van der Waals surface area contributed by atoms with Gasteiger partial charge in [-0.25, -0.2) is 0 Å². The van der Waals surface area contributed by atoms with E-state index in [0.717, 1.165) is 5.56 Å². The van der Waals surface area contributed by atoms with Gasteiger partial charge in [0.05, 0.1) is 19.8 Å². The van der Waals surface area contributed by atoms with Crippen molar-refractivity contribution in [2.45, 2.75) is 6.54 Å². The second kappa shape index (κ2) is 11.8. The third-order valence-corrected chi connectivity index (χ3v) is 5.57. The maximum atomic E-state index is 12.7. The number of morpholine rings is 1. The molecule has 0 aromatic heterocycles. The number of ether oxygens (including phenoxy) is 1. The molecule has 1 heterocycles. The lowest BCUT2D eigenvalue weighted by Crippen LogP contribution is -2.40. The van der Waals surface area contributed by atoms with Crippen LogP contribution in [0.5, 0.6) is 0 Å². The number of nitrogens with zero attached hydrogens (tertiary/aromatic N) is 1. The number of benzene rings is 3. The van der Waals surface area contributed by atoms with Crippen molar-refractivity contribution < 1.29 is 19.1 Å². The van der Waals surface area contributed by atoms with E-state index in [-0.39, 0.29) is 24.3 Å². The number of amides is 3. The summed E-state index contributed by atoms with van der Waals surface area (Å²) >= 11 is 0. The van der Waals surface area contributed by atoms with E-state index in [1.807, 2.05) is 30.3 Å². The highest BCUT2D eigenvalue weighted by Gasteiger charge is 2.18. The molecule has 0 atom stereocenters. The predicted octanol–water partition coefficient (Wildman–Crippen LogP) is 3.14. The van der Waals surface area contributed by atoms with E-state index in [4.69, 9.17) is 4.74 Å². The molecule has 0 saturated carbocycles. The molecular formula is C27H28N4O4. The molecule has 1 fully saturated rings. The van der Waals surface area contributed by atoms with Crippen LogP contribution in [0.1, 0.15) is 26.3 Å². The number of hydrogen-bond acceptors (Lipinski definition) is 5. The van der Waals surface area contributed by atoms with Gasteiger partial charge in [-0.1, -0.05) is 42.5 Å². The Hall–Kier alpha value is -4.17. The second-order valence-corrected chi connectivity index (χ2v) is 8.14. The van der Waals surface area contributed by atoms with E-state index < -0.39 is 0 Å². The predicted molar refractivity (Wildman–Crippen MR) is 134 cm³/mol. The van der Waals surface area contributed by atoms with Crippen molar-refractivity contribution in [1.29, 1.82) is 0 Å². The first-order chi connectivity index (χ1) is 17.1. The van der Waals surface area contributed by atoms with Gasteiger partial charge in [0.25, 0.3) is 11.8 Å². The first-order valence-corrected chi connectivity index (χ1v) is 11.5. The molecular weight excluding hydrogens is 444 g/mol. The number of carbonyl (C=O) groups is 3. The maximum absolute atomic E-state index is 12.7. The van der Waals surface area contributed by atoms with Crippen molar-refractivity contribution >= 4 is 29.1 Å². The summed E-state index contributed by atoms with van der Waals surface area (Å²) in [6.07, 6.45) is 0. The summed E-state index contributed by atoms with van der Waals surface area (Å²) in [6, 6.07) is 23.5. The molecule has 8 heteroatoms. The lowest BCUT2D eigenvalue weighted by molar-refractivity contribution is -0.114. The molecule has 0 unspecified atom stereocenters. The smallest absolute Gasteiger partial charge is 0.254 e. The van der Waals surface area contributed by atoms with E-state index in [2.05, 4.69) is 16.0 Å². The Morgan fingerprint density at radius 2 is 1.49 bits per heavy atom. The standard InChI is InChI=1S/C27H28N4O4/c32-25(19-28-23-10-5-9-22(17-23)27(34)31-12-14-35-15-13-31)30-24-11-4-8-21(16-24)26(33)29-18-20-6-2-1-3-7-20/h1-11,16-17,28H,12-15,18-19H2,(H,29,33)(H,30,32). The minimum Gasteiger partial charge on any atom is -0.378 e. The van der Waals surface area contributed by atoms with Crippen LogP contribution in [-0.2, 0) is 16.1 Å². The summed E-state index contributed by atoms with van der Waals surface area (Å²) in [5.41, 5.74) is 3.23. The fourth-order valence-electron chi connectivity index (χ4n) is 3.72. The largest absolute Gasteiger partial charge is 0.378 e. The van der Waals surface area contributed by atoms with Gasteiger partial charge in [-0.05, 0) is 42.0 Å². The van der Waals surface area contributed by atoms with Gasteiger partial charge in [0.15, 0.2) is 0 Å². The van der Waals surface area contributed by atoms with Gasteiger partial charge in [0.2, 0.25) is 5.91 Å². The molecule has 1 aliphatic heterocycles. The maximum Gasteiger partial charge on any atom is 0.254 e. The number of nitrogens with one attached hydrogen (secondary N) is 3. The molecule has 3 amide bonds. The van der Waals surface area contributed by atoms with E-state index >= 15 is 0 Å². The number of anilines is 2. The van der Waals surface area contributed by atoms with Crippen molar-refractivity contribution in [3.63, 3.8) is 0 Å². The monoisotopic (exact) mass is 472 g/mol. The van der Waals surface area contributed by atoms with Crippen molar-refractivity contribution in [2.24, 2.45) is 0 Å². The highest BCUT2D eigenvalue weighted by atomic mass is 16.5. The van der Waals surface area contributed by atoms with Crippen molar-refractivity contribution in [3.05, 3.63) is 95.6 Å². The fraction of sp³-hybridized carbons (Fsp3) is 0.222. The Kier molecular flexibility index (Phi) is 8.08. The molecule has 0 radical (unpaired) electrons. The van der Waals surface area contributed by atoms with Crippen LogP contribution in [-0.4, -0.2) is 55.5 Å². The van der Waals surface area contributed by atoms with Gasteiger partial charge < -0.3 is 25.6 Å². The van der Waals surface area contributed by atoms with Gasteiger partial charge in [0, 0.05) is 42.1 Å². The molecule has 1 saturated heterocycles. The highest BCUT2D eigenvalue weighted by molar-refractivity contribution is 5.98. The van der Waals surface area contributed by atoms with Gasteiger partial charge in [-0.2, -0.15) is 0 Å². The summed E-state index contributed by atoms with van der Waals surface area (Å²) in [6.45, 7) is 2.66. The van der Waals surface area contributed by atoms with Crippen LogP contribution in [0.2, 0.25) is 0 Å². The molecule has 35 heavy (non-hydrogen) atoms. The molecule has 8 nitrogen and oxygen atoms in total. The SMILES string of the molecule is O=C(CNc1cccc(C(=O)N2CCOCC2)c1)Nc1cccc(C(=O)NCc2ccccc2)c1. The molecule has 0 spiro atoms. The van der Waals surface area contributed by atoms with Crippen molar-refractivity contribution in [2.75, 3.05) is 43.5 Å². The zero-order valence-corrected chi connectivity index (χ0v) is 19.3. The topological polar surface area (TPSA) is 99.8 Å². The minimum atomic E-state index is -0.267. The Morgan fingerprint density at radius 1 is 0.800 bits per heavy atom. The zero-order valence-electron chi connectivity index (χ0n) is 19.3. The average Bonchev–Trinajstić information content (AvgIpc) is 2.91. The second-order valence-electron chi connectivity index (χ2n) is 8.14. The Bertz CT molecular complexity index is 1180. The molecule has 0 aliphatic carbocycles. The number of carbonyl (C=O) groups excluding carboxylic acids is 3. The molecule has 4 rings (SSSR count). The van der Waals surface area contributed by atoms with Crippen molar-refractivity contribution in [1.82, 2.24) is 10.2 Å². The Balaban J connectivity index is 1.29. The molecule has 3 aromatic rings. The lowest BCUT2D eigenvalue weighted by Gasteiger charge is -2.27. The van der Waals surface area contributed by atoms with Gasteiger partial charge in [0.1, 0.15) is 0 Å². The average molecular weight is 473 g/mol. The van der Waals surface area contributed by atoms with Crippen LogP contribution in [0.3, 0.4) is 0 Å². The summed E-state index contributed by atoms with van der Waals surface area (Å²) in [5.74, 6) is -0.537. The number of hydrogen-bond donors (Lipinski definition) is 3. The Morgan fingerprint density at radius 3 is 2.26 bits per heavy atom. The van der Waals surface area contributed by atoms with E-state index in [1.165, 1.54) is 0 Å². The highest BCUT2D eigenvalue weighted by Crippen LogP contribution is 2.15. The molecule has 0 bridgehead atoms. The van der Waals surface area contributed by atoms with E-state index in [9.17, 15) is 14.4 Å².